The third-order valence-corrected chi connectivity index (χ3v) is 10.8. The third-order valence-electron chi connectivity index (χ3n) is 8.86. The van der Waals surface area contributed by atoms with Gasteiger partial charge in [0.25, 0.3) is 11.8 Å². The highest BCUT2D eigenvalue weighted by molar-refractivity contribution is 7.89. The molecule has 3 heterocycles. The molecule has 10 heteroatoms. The summed E-state index contributed by atoms with van der Waals surface area (Å²) in [6.45, 7) is 2.68. The van der Waals surface area contributed by atoms with Crippen LogP contribution in [-0.4, -0.2) is 58.3 Å². The lowest BCUT2D eigenvalue weighted by Crippen LogP contribution is -2.49. The van der Waals surface area contributed by atoms with Crippen molar-refractivity contribution in [2.24, 2.45) is 0 Å². The van der Waals surface area contributed by atoms with Gasteiger partial charge in [-0.05, 0) is 68.5 Å². The first-order valence-corrected chi connectivity index (χ1v) is 16.7. The van der Waals surface area contributed by atoms with E-state index in [2.05, 4.69) is 0 Å². The van der Waals surface area contributed by atoms with Gasteiger partial charge in [-0.15, -0.1) is 0 Å². The van der Waals surface area contributed by atoms with Crippen LogP contribution in [0.3, 0.4) is 0 Å². The number of aromatic nitrogens is 2. The van der Waals surface area contributed by atoms with Crippen LogP contribution < -0.4 is 0 Å². The molecule has 2 fully saturated rings. The van der Waals surface area contributed by atoms with Crippen molar-refractivity contribution in [1.29, 1.82) is 5.26 Å². The lowest BCUT2D eigenvalue weighted by molar-refractivity contribution is -0.143. The van der Waals surface area contributed by atoms with Gasteiger partial charge >= 0.3 is 0 Å². The van der Waals surface area contributed by atoms with Crippen LogP contribution in [0, 0.1) is 11.3 Å². The van der Waals surface area contributed by atoms with Crippen molar-refractivity contribution in [3.8, 4) is 23.0 Å². The standard InChI is InChI=1S/C34H35N5O4S/c1-24-30(33(40)39(34(41)31(24)22-35)28-13-7-3-8-14-28)21-26-23-38(27-11-5-2-6-12-27)36-32(26)25-15-17-29(18-16-25)44(42,43)37-19-9-4-10-20-37/h2,5-6,11-12,15-18,21,23,28H,3-4,7-10,13-14,19-20H2,1H3/b30-21+. The summed E-state index contributed by atoms with van der Waals surface area (Å²) < 4.78 is 29.8. The number of piperidine rings is 1. The average molecular weight is 610 g/mol. The first-order chi connectivity index (χ1) is 21.3. The quantitative estimate of drug-likeness (QED) is 0.264. The van der Waals surface area contributed by atoms with Gasteiger partial charge in [0.1, 0.15) is 11.6 Å². The molecule has 0 N–H and O–H groups in total. The van der Waals surface area contributed by atoms with Crippen LogP contribution in [0.2, 0.25) is 0 Å². The molecule has 6 rings (SSSR count). The van der Waals surface area contributed by atoms with Gasteiger partial charge in [-0.1, -0.05) is 56.0 Å². The van der Waals surface area contributed by atoms with Crippen LogP contribution in [0.15, 0.2) is 82.4 Å². The lowest BCUT2D eigenvalue weighted by Gasteiger charge is -2.36. The van der Waals surface area contributed by atoms with Crippen LogP contribution in [-0.2, 0) is 19.6 Å². The molecule has 0 bridgehead atoms. The first kappa shape index (κ1) is 29.7. The van der Waals surface area contributed by atoms with Gasteiger partial charge < -0.3 is 0 Å². The van der Waals surface area contributed by atoms with Crippen molar-refractivity contribution >= 4 is 27.9 Å². The van der Waals surface area contributed by atoms with E-state index in [1.54, 1.807) is 46.3 Å². The third kappa shape index (κ3) is 5.53. The van der Waals surface area contributed by atoms with Crippen molar-refractivity contribution in [2.45, 2.75) is 69.2 Å². The SMILES string of the molecule is CC1=C(C#N)C(=O)N(C2CCCCC2)C(=O)/C1=C/c1cn(-c2ccccc2)nc1-c1ccc(S(=O)(=O)N2CCCCC2)cc1. The highest BCUT2D eigenvalue weighted by Gasteiger charge is 2.40. The van der Waals surface area contributed by atoms with Gasteiger partial charge in [-0.25, -0.2) is 13.1 Å². The van der Waals surface area contributed by atoms with Crippen LogP contribution >= 0.6 is 0 Å². The summed E-state index contributed by atoms with van der Waals surface area (Å²) >= 11 is 0. The van der Waals surface area contributed by atoms with Crippen LogP contribution in [0.4, 0.5) is 0 Å². The van der Waals surface area contributed by atoms with Crippen LogP contribution in [0.1, 0.15) is 63.9 Å². The lowest BCUT2D eigenvalue weighted by atomic mass is 9.88. The minimum atomic E-state index is -3.60. The molecule has 226 valence electrons. The zero-order chi connectivity index (χ0) is 30.8. The largest absolute Gasteiger partial charge is 0.271 e. The monoisotopic (exact) mass is 609 g/mol. The number of amides is 2. The van der Waals surface area contributed by atoms with Gasteiger partial charge in [-0.3, -0.25) is 14.5 Å². The van der Waals surface area contributed by atoms with E-state index in [1.807, 2.05) is 42.6 Å². The average Bonchev–Trinajstić information content (AvgIpc) is 3.49. The topological polar surface area (TPSA) is 116 Å². The van der Waals surface area contributed by atoms with Gasteiger partial charge in [0, 0.05) is 42.0 Å². The van der Waals surface area contributed by atoms with Crippen molar-refractivity contribution in [2.75, 3.05) is 13.1 Å². The van der Waals surface area contributed by atoms with Crippen LogP contribution in [0.25, 0.3) is 23.0 Å². The first-order valence-electron chi connectivity index (χ1n) is 15.3. The van der Waals surface area contributed by atoms with E-state index in [0.29, 0.717) is 35.5 Å². The summed E-state index contributed by atoms with van der Waals surface area (Å²) in [5.41, 5.74) is 3.24. The maximum atomic E-state index is 13.9. The fourth-order valence-corrected chi connectivity index (χ4v) is 7.91. The zero-order valence-electron chi connectivity index (χ0n) is 24.8. The zero-order valence-corrected chi connectivity index (χ0v) is 25.6. The molecule has 44 heavy (non-hydrogen) atoms. The summed E-state index contributed by atoms with van der Waals surface area (Å²) in [7, 11) is -3.60. The predicted molar refractivity (Wildman–Crippen MR) is 167 cm³/mol. The normalized spacial score (nSPS) is 19.9. The van der Waals surface area contributed by atoms with Gasteiger partial charge in [0.05, 0.1) is 16.3 Å². The summed E-state index contributed by atoms with van der Waals surface area (Å²) in [5.74, 6) is -0.926. The Bertz CT molecular complexity index is 1790. The number of benzene rings is 2. The molecule has 2 aliphatic heterocycles. The molecule has 1 aliphatic carbocycles. The second kappa shape index (κ2) is 12.3. The molecular weight excluding hydrogens is 574 g/mol. The molecule has 2 aromatic carbocycles. The minimum absolute atomic E-state index is 0.0225. The summed E-state index contributed by atoms with van der Waals surface area (Å²) in [6, 6.07) is 18.0. The van der Waals surface area contributed by atoms with Crippen molar-refractivity contribution in [3.05, 3.63) is 83.1 Å². The molecule has 1 saturated heterocycles. The molecular formula is C34H35N5O4S. The smallest absolute Gasteiger partial charge is 0.271 e. The van der Waals surface area contributed by atoms with Gasteiger partial charge in [0.2, 0.25) is 10.0 Å². The second-order valence-corrected chi connectivity index (χ2v) is 13.6. The number of nitrogens with zero attached hydrogens (tertiary/aromatic N) is 5. The molecule has 2 amide bonds. The maximum absolute atomic E-state index is 13.9. The molecule has 3 aromatic rings. The molecule has 0 spiro atoms. The Hall–Kier alpha value is -4.33. The van der Waals surface area contributed by atoms with Gasteiger partial charge in [0.15, 0.2) is 0 Å². The Morgan fingerprint density at radius 3 is 2.20 bits per heavy atom. The predicted octanol–water partition coefficient (Wildman–Crippen LogP) is 5.64. The Morgan fingerprint density at radius 1 is 0.886 bits per heavy atom. The Balaban J connectivity index is 1.44. The van der Waals surface area contributed by atoms with Crippen molar-refractivity contribution in [1.82, 2.24) is 19.0 Å². The number of imide groups is 1. The number of nitriles is 1. The second-order valence-electron chi connectivity index (χ2n) is 11.6. The molecule has 1 saturated carbocycles. The Labute approximate surface area is 258 Å². The molecule has 0 radical (unpaired) electrons. The van der Waals surface area contributed by atoms with E-state index in [9.17, 15) is 23.3 Å². The maximum Gasteiger partial charge on any atom is 0.271 e. The van der Waals surface area contributed by atoms with E-state index in [4.69, 9.17) is 5.10 Å². The summed E-state index contributed by atoms with van der Waals surface area (Å²) in [5, 5.41) is 14.8. The van der Waals surface area contributed by atoms with Gasteiger partial charge in [-0.2, -0.15) is 14.7 Å². The number of carbonyl (C=O) groups is 2. The van der Waals surface area contributed by atoms with E-state index >= 15 is 0 Å². The number of para-hydroxylation sites is 1. The van der Waals surface area contributed by atoms with E-state index in [0.717, 1.165) is 57.1 Å². The molecule has 3 aliphatic rings. The fourth-order valence-electron chi connectivity index (χ4n) is 6.40. The summed E-state index contributed by atoms with van der Waals surface area (Å²) in [6.07, 6.45) is 10.7. The molecule has 1 aromatic heterocycles. The highest BCUT2D eigenvalue weighted by atomic mass is 32.2. The molecule has 0 unspecified atom stereocenters. The number of hydrogen-bond acceptors (Lipinski definition) is 6. The fraction of sp³-hybridized carbons (Fsp3) is 0.353. The Kier molecular flexibility index (Phi) is 8.34. The van der Waals surface area contributed by atoms with Crippen molar-refractivity contribution in [3.63, 3.8) is 0 Å². The van der Waals surface area contributed by atoms with Crippen LogP contribution in [0.5, 0.6) is 0 Å². The summed E-state index contributed by atoms with van der Waals surface area (Å²) in [4.78, 5) is 28.8. The van der Waals surface area contributed by atoms with E-state index in [1.165, 1.54) is 4.90 Å². The number of hydrogen-bond donors (Lipinski definition) is 0. The van der Waals surface area contributed by atoms with E-state index in [-0.39, 0.29) is 22.1 Å². The van der Waals surface area contributed by atoms with Crippen molar-refractivity contribution < 1.29 is 18.0 Å². The number of rotatable bonds is 6. The highest BCUT2D eigenvalue weighted by Crippen LogP contribution is 2.35. The molecule has 0 atom stereocenters. The number of carbonyl (C=O) groups excluding carboxylic acids is 2. The van der Waals surface area contributed by atoms with E-state index < -0.39 is 21.8 Å². The number of sulfonamides is 1. The molecule has 9 nitrogen and oxygen atoms in total. The Morgan fingerprint density at radius 2 is 1.55 bits per heavy atom. The minimum Gasteiger partial charge on any atom is -0.271 e.